The zero-order valence-corrected chi connectivity index (χ0v) is 32.3. The monoisotopic (exact) mass is 757 g/mol. The van der Waals surface area contributed by atoms with E-state index < -0.39 is 5.41 Å². The molecule has 2 heterocycles. The highest BCUT2D eigenvalue weighted by Gasteiger charge is 2.46. The Morgan fingerprint density at radius 2 is 0.931 bits per heavy atom. The maximum absolute atomic E-state index is 6.83. The van der Waals surface area contributed by atoms with Gasteiger partial charge in [-0.2, -0.15) is 0 Å². The maximum atomic E-state index is 6.83. The van der Waals surface area contributed by atoms with E-state index >= 15 is 0 Å². The van der Waals surface area contributed by atoms with Gasteiger partial charge in [0, 0.05) is 48.0 Å². The molecule has 0 saturated carbocycles. The zero-order valence-electron chi connectivity index (χ0n) is 31.5. The summed E-state index contributed by atoms with van der Waals surface area (Å²) in [4.78, 5) is 2.39. The molecule has 2 aromatic heterocycles. The van der Waals surface area contributed by atoms with Gasteiger partial charge in [0.15, 0.2) is 0 Å². The van der Waals surface area contributed by atoms with Gasteiger partial charge in [0.05, 0.1) is 5.41 Å². The summed E-state index contributed by atoms with van der Waals surface area (Å²) in [5.41, 5.74) is 14.5. The lowest BCUT2D eigenvalue weighted by Crippen LogP contribution is -2.28. The number of hydrogen-bond donors (Lipinski definition) is 0. The van der Waals surface area contributed by atoms with Gasteiger partial charge in [-0.05, 0) is 111 Å². The molecule has 1 aliphatic carbocycles. The number of thiophene rings is 1. The summed E-state index contributed by atoms with van der Waals surface area (Å²) in [6.45, 7) is 0. The lowest BCUT2D eigenvalue weighted by atomic mass is 9.67. The van der Waals surface area contributed by atoms with Crippen molar-refractivity contribution in [3.8, 4) is 22.3 Å². The Labute approximate surface area is 340 Å². The minimum absolute atomic E-state index is 0.486. The van der Waals surface area contributed by atoms with Crippen molar-refractivity contribution in [2.24, 2.45) is 0 Å². The van der Waals surface area contributed by atoms with E-state index in [-0.39, 0.29) is 0 Å². The molecule has 9 aromatic carbocycles. The predicted octanol–water partition coefficient (Wildman–Crippen LogP) is 15.5. The summed E-state index contributed by atoms with van der Waals surface area (Å²) < 4.78 is 9.42. The molecule has 3 heteroatoms. The predicted molar refractivity (Wildman–Crippen MR) is 244 cm³/mol. The number of anilines is 3. The van der Waals surface area contributed by atoms with E-state index in [1.54, 1.807) is 0 Å². The van der Waals surface area contributed by atoms with Gasteiger partial charge in [-0.3, -0.25) is 0 Å². The van der Waals surface area contributed by atoms with Crippen LogP contribution in [-0.4, -0.2) is 0 Å². The van der Waals surface area contributed by atoms with Gasteiger partial charge < -0.3 is 9.32 Å². The van der Waals surface area contributed by atoms with E-state index in [9.17, 15) is 0 Å². The normalized spacial score (nSPS) is 13.0. The molecule has 0 unspecified atom stereocenters. The molecule has 0 bridgehead atoms. The first-order valence-electron chi connectivity index (χ1n) is 19.8. The summed E-state index contributed by atoms with van der Waals surface area (Å²) >= 11 is 1.85. The quantitative estimate of drug-likeness (QED) is 0.168. The molecule has 272 valence electrons. The third-order valence-electron chi connectivity index (χ3n) is 12.1. The van der Waals surface area contributed by atoms with E-state index in [2.05, 4.69) is 217 Å². The fourth-order valence-electron chi connectivity index (χ4n) is 9.57. The van der Waals surface area contributed by atoms with Gasteiger partial charge in [0.1, 0.15) is 11.2 Å². The fraction of sp³-hybridized carbons (Fsp3) is 0.0182. The fourth-order valence-corrected chi connectivity index (χ4v) is 10.7. The zero-order chi connectivity index (χ0) is 38.2. The molecular formula is C55H35NOS. The second-order valence-electron chi connectivity index (χ2n) is 15.2. The number of rotatable bonds is 6. The van der Waals surface area contributed by atoms with Crippen LogP contribution in [0.3, 0.4) is 0 Å². The Morgan fingerprint density at radius 1 is 0.362 bits per heavy atom. The number of hydrogen-bond acceptors (Lipinski definition) is 3. The van der Waals surface area contributed by atoms with Crippen molar-refractivity contribution < 1.29 is 4.42 Å². The van der Waals surface area contributed by atoms with E-state index in [0.29, 0.717) is 0 Å². The first-order valence-corrected chi connectivity index (χ1v) is 20.6. The van der Waals surface area contributed by atoms with Crippen LogP contribution in [0.15, 0.2) is 217 Å². The van der Waals surface area contributed by atoms with E-state index in [0.717, 1.165) is 39.0 Å². The topological polar surface area (TPSA) is 16.4 Å². The van der Waals surface area contributed by atoms with Gasteiger partial charge in [0.2, 0.25) is 0 Å². The van der Waals surface area contributed by atoms with Gasteiger partial charge >= 0.3 is 0 Å². The second-order valence-corrected chi connectivity index (χ2v) is 16.3. The first-order chi connectivity index (χ1) is 28.7. The van der Waals surface area contributed by atoms with Crippen LogP contribution in [0.4, 0.5) is 17.1 Å². The van der Waals surface area contributed by atoms with Crippen LogP contribution in [0, 0.1) is 0 Å². The number of fused-ring (bicyclic) bond motifs is 9. The molecule has 0 radical (unpaired) electrons. The Balaban J connectivity index is 1.07. The lowest BCUT2D eigenvalue weighted by molar-refractivity contribution is 0.666. The summed E-state index contributed by atoms with van der Waals surface area (Å²) in [6, 6.07) is 77.3. The molecule has 0 fully saturated rings. The average Bonchev–Trinajstić information content (AvgIpc) is 3.94. The van der Waals surface area contributed by atoms with Crippen molar-refractivity contribution in [2.75, 3.05) is 4.90 Å². The number of nitrogens with zero attached hydrogens (tertiary/aromatic N) is 1. The molecule has 0 atom stereocenters. The molecule has 0 N–H and O–H groups in total. The molecule has 0 amide bonds. The molecule has 0 aliphatic heterocycles. The Hall–Kier alpha value is -7.20. The standard InChI is InChI=1S/C55H35NOS/c1-4-14-36(15-5-1)37-24-26-40(27-25-37)56(42-29-31-54-48(33-42)44-21-11-13-23-53(44)58-54)41-28-30-51-46(32-41)47-34-45-43-20-10-12-22-49(43)55(38-16-6-2-7-17-38,39-18-8-3-9-19-39)50(45)35-52(47)57-51/h1-35H. The highest BCUT2D eigenvalue weighted by atomic mass is 32.1. The molecular weight excluding hydrogens is 723 g/mol. The third kappa shape index (κ3) is 4.90. The number of benzene rings is 9. The smallest absolute Gasteiger partial charge is 0.135 e. The molecule has 11 aromatic rings. The van der Waals surface area contributed by atoms with Crippen LogP contribution in [0.1, 0.15) is 22.3 Å². The summed E-state index contributed by atoms with van der Waals surface area (Å²) in [5.74, 6) is 0. The summed E-state index contributed by atoms with van der Waals surface area (Å²) in [5, 5.41) is 4.77. The van der Waals surface area contributed by atoms with Crippen molar-refractivity contribution in [3.63, 3.8) is 0 Å². The van der Waals surface area contributed by atoms with Crippen LogP contribution in [0.2, 0.25) is 0 Å². The van der Waals surface area contributed by atoms with Crippen LogP contribution in [0.5, 0.6) is 0 Å². The van der Waals surface area contributed by atoms with Crippen molar-refractivity contribution in [1.29, 1.82) is 0 Å². The van der Waals surface area contributed by atoms with E-state index in [4.69, 9.17) is 4.42 Å². The van der Waals surface area contributed by atoms with Crippen molar-refractivity contribution in [2.45, 2.75) is 5.41 Å². The van der Waals surface area contributed by atoms with E-state index in [1.165, 1.54) is 64.7 Å². The van der Waals surface area contributed by atoms with E-state index in [1.807, 2.05) is 11.3 Å². The van der Waals surface area contributed by atoms with Crippen molar-refractivity contribution in [3.05, 3.63) is 235 Å². The summed E-state index contributed by atoms with van der Waals surface area (Å²) in [7, 11) is 0. The van der Waals surface area contributed by atoms with Crippen LogP contribution < -0.4 is 4.90 Å². The number of furan rings is 1. The van der Waals surface area contributed by atoms with Gasteiger partial charge in [0.25, 0.3) is 0 Å². The lowest BCUT2D eigenvalue weighted by Gasteiger charge is -2.33. The van der Waals surface area contributed by atoms with Crippen LogP contribution in [-0.2, 0) is 5.41 Å². The molecule has 1 aliphatic rings. The minimum Gasteiger partial charge on any atom is -0.456 e. The largest absolute Gasteiger partial charge is 0.456 e. The summed E-state index contributed by atoms with van der Waals surface area (Å²) in [6.07, 6.45) is 0. The SMILES string of the molecule is c1ccc(-c2ccc(N(c3ccc4oc5cc6c(cc5c4c3)-c3ccccc3C6(c3ccccc3)c3ccccc3)c3ccc4sc5ccccc5c4c3)cc2)cc1. The first kappa shape index (κ1) is 33.0. The molecule has 0 spiro atoms. The van der Waals surface area contributed by atoms with Gasteiger partial charge in [-0.1, -0.05) is 146 Å². The second kappa shape index (κ2) is 12.9. The van der Waals surface area contributed by atoms with Crippen molar-refractivity contribution >= 4 is 70.5 Å². The minimum atomic E-state index is -0.486. The molecule has 58 heavy (non-hydrogen) atoms. The highest BCUT2D eigenvalue weighted by molar-refractivity contribution is 7.25. The Kier molecular flexibility index (Phi) is 7.35. The highest BCUT2D eigenvalue weighted by Crippen LogP contribution is 2.57. The van der Waals surface area contributed by atoms with Crippen LogP contribution in [0.25, 0.3) is 64.4 Å². The van der Waals surface area contributed by atoms with Gasteiger partial charge in [-0.25, -0.2) is 0 Å². The molecule has 0 saturated heterocycles. The third-order valence-corrected chi connectivity index (χ3v) is 13.3. The van der Waals surface area contributed by atoms with Crippen molar-refractivity contribution in [1.82, 2.24) is 0 Å². The Bertz CT molecular complexity index is 3290. The van der Waals surface area contributed by atoms with Gasteiger partial charge in [-0.15, -0.1) is 11.3 Å². The average molecular weight is 758 g/mol. The molecule has 2 nitrogen and oxygen atoms in total. The molecule has 12 rings (SSSR count). The Morgan fingerprint density at radius 3 is 1.69 bits per heavy atom. The maximum Gasteiger partial charge on any atom is 0.135 e. The van der Waals surface area contributed by atoms with Crippen LogP contribution >= 0.6 is 11.3 Å².